The Bertz CT molecular complexity index is 823. The van der Waals surface area contributed by atoms with Crippen LogP contribution in [0.25, 0.3) is 0 Å². The van der Waals surface area contributed by atoms with Crippen molar-refractivity contribution in [2.45, 2.75) is 18.8 Å². The summed E-state index contributed by atoms with van der Waals surface area (Å²) in [4.78, 5) is 0. The van der Waals surface area contributed by atoms with E-state index in [1.807, 2.05) is 49.4 Å². The molecule has 2 aromatic carbocycles. The molecule has 0 saturated carbocycles. The van der Waals surface area contributed by atoms with E-state index in [0.717, 1.165) is 16.7 Å². The van der Waals surface area contributed by atoms with Crippen LogP contribution in [-0.4, -0.2) is 32.4 Å². The fourth-order valence-electron chi connectivity index (χ4n) is 2.86. The maximum absolute atomic E-state index is 12.8. The van der Waals surface area contributed by atoms with Crippen LogP contribution >= 0.6 is 11.6 Å². The molecular formula is C18H20ClNO3S. The standard InChI is InChI=1S/C18H20ClNO3S/c1-14-6-2-3-7-15(14)13-24(21,22)20-10-11-23-18(12-20)16-8-4-5-9-17(16)19/h2-9,18H,10-13H2,1H3. The number of sulfonamides is 1. The molecule has 0 N–H and O–H groups in total. The van der Waals surface area contributed by atoms with Crippen molar-refractivity contribution in [1.29, 1.82) is 0 Å². The molecule has 1 atom stereocenters. The minimum absolute atomic E-state index is 0.00884. The molecule has 24 heavy (non-hydrogen) atoms. The highest BCUT2D eigenvalue weighted by Crippen LogP contribution is 2.30. The van der Waals surface area contributed by atoms with Crippen LogP contribution in [0.4, 0.5) is 0 Å². The molecule has 6 heteroatoms. The molecule has 1 heterocycles. The summed E-state index contributed by atoms with van der Waals surface area (Å²) in [6.45, 7) is 2.95. The Kier molecular flexibility index (Phi) is 5.25. The Morgan fingerprint density at radius 3 is 2.62 bits per heavy atom. The normalized spacial score (nSPS) is 19.3. The summed E-state index contributed by atoms with van der Waals surface area (Å²) in [6.07, 6.45) is -0.334. The number of rotatable bonds is 4. The summed E-state index contributed by atoms with van der Waals surface area (Å²) < 4.78 is 32.9. The van der Waals surface area contributed by atoms with E-state index in [0.29, 0.717) is 18.2 Å². The fourth-order valence-corrected chi connectivity index (χ4v) is 4.73. The number of benzene rings is 2. The van der Waals surface area contributed by atoms with Crippen LogP contribution in [-0.2, 0) is 20.5 Å². The smallest absolute Gasteiger partial charge is 0.218 e. The topological polar surface area (TPSA) is 46.6 Å². The SMILES string of the molecule is Cc1ccccc1CS(=O)(=O)N1CCOC(c2ccccc2Cl)C1. The molecule has 3 rings (SSSR count). The van der Waals surface area contributed by atoms with E-state index in [2.05, 4.69) is 0 Å². The van der Waals surface area contributed by atoms with Gasteiger partial charge >= 0.3 is 0 Å². The lowest BCUT2D eigenvalue weighted by atomic mass is 10.1. The van der Waals surface area contributed by atoms with E-state index >= 15 is 0 Å². The first-order valence-corrected chi connectivity index (χ1v) is 9.84. The Labute approximate surface area is 148 Å². The van der Waals surface area contributed by atoms with Gasteiger partial charge in [0.15, 0.2) is 0 Å². The Morgan fingerprint density at radius 1 is 1.17 bits per heavy atom. The molecule has 1 aliphatic rings. The lowest BCUT2D eigenvalue weighted by molar-refractivity contribution is -0.00254. The second-order valence-corrected chi connectivity index (χ2v) is 8.30. The highest BCUT2D eigenvalue weighted by atomic mass is 35.5. The van der Waals surface area contributed by atoms with E-state index < -0.39 is 10.0 Å². The highest BCUT2D eigenvalue weighted by Gasteiger charge is 2.31. The van der Waals surface area contributed by atoms with Gasteiger partial charge in [-0.2, -0.15) is 4.31 Å². The third kappa shape index (κ3) is 3.81. The van der Waals surface area contributed by atoms with E-state index in [1.165, 1.54) is 4.31 Å². The maximum Gasteiger partial charge on any atom is 0.218 e. The van der Waals surface area contributed by atoms with Crippen LogP contribution in [0.1, 0.15) is 22.8 Å². The Hall–Kier alpha value is -1.40. The summed E-state index contributed by atoms with van der Waals surface area (Å²) >= 11 is 6.22. The van der Waals surface area contributed by atoms with Gasteiger partial charge < -0.3 is 4.74 Å². The van der Waals surface area contributed by atoms with Gasteiger partial charge in [-0.15, -0.1) is 0 Å². The second-order valence-electron chi connectivity index (χ2n) is 5.92. The van der Waals surface area contributed by atoms with Crippen LogP contribution in [0.2, 0.25) is 5.02 Å². The quantitative estimate of drug-likeness (QED) is 0.832. The monoisotopic (exact) mass is 365 g/mol. The summed E-state index contributed by atoms with van der Waals surface area (Å²) in [7, 11) is -3.40. The Morgan fingerprint density at radius 2 is 1.88 bits per heavy atom. The van der Waals surface area contributed by atoms with Gasteiger partial charge in [-0.25, -0.2) is 8.42 Å². The highest BCUT2D eigenvalue weighted by molar-refractivity contribution is 7.88. The number of morpholine rings is 1. The van der Waals surface area contributed by atoms with E-state index in [9.17, 15) is 8.42 Å². The molecule has 1 fully saturated rings. The molecule has 128 valence electrons. The third-order valence-corrected chi connectivity index (χ3v) is 6.41. The molecule has 0 spiro atoms. The number of ether oxygens (including phenoxy) is 1. The van der Waals surface area contributed by atoms with Crippen molar-refractivity contribution >= 4 is 21.6 Å². The minimum atomic E-state index is -3.40. The maximum atomic E-state index is 12.8. The molecule has 1 saturated heterocycles. The first kappa shape index (κ1) is 17.4. The van der Waals surface area contributed by atoms with Gasteiger partial charge in [0.1, 0.15) is 0 Å². The van der Waals surface area contributed by atoms with Crippen molar-refractivity contribution in [2.24, 2.45) is 0 Å². The van der Waals surface area contributed by atoms with Gasteiger partial charge in [-0.3, -0.25) is 0 Å². The van der Waals surface area contributed by atoms with E-state index in [-0.39, 0.29) is 18.4 Å². The van der Waals surface area contributed by atoms with Gasteiger partial charge in [-0.1, -0.05) is 54.1 Å². The molecule has 2 aromatic rings. The predicted octanol–water partition coefficient (Wildman–Crippen LogP) is 3.55. The molecular weight excluding hydrogens is 346 g/mol. The molecule has 1 unspecified atom stereocenters. The van der Waals surface area contributed by atoms with Gasteiger partial charge in [-0.05, 0) is 24.1 Å². The average molecular weight is 366 g/mol. The average Bonchev–Trinajstić information content (AvgIpc) is 2.57. The zero-order valence-electron chi connectivity index (χ0n) is 13.5. The van der Waals surface area contributed by atoms with Crippen LogP contribution < -0.4 is 0 Å². The third-order valence-electron chi connectivity index (χ3n) is 4.27. The zero-order chi connectivity index (χ0) is 17.2. The number of nitrogens with zero attached hydrogens (tertiary/aromatic N) is 1. The minimum Gasteiger partial charge on any atom is -0.371 e. The fraction of sp³-hybridized carbons (Fsp3) is 0.333. The number of hydrogen-bond donors (Lipinski definition) is 0. The van der Waals surface area contributed by atoms with Crippen LogP contribution in [0.5, 0.6) is 0 Å². The predicted molar refractivity (Wildman–Crippen MR) is 95.5 cm³/mol. The summed E-state index contributed by atoms with van der Waals surface area (Å²) in [5.74, 6) is 0.00884. The van der Waals surface area contributed by atoms with Crippen LogP contribution in [0.3, 0.4) is 0 Å². The first-order chi connectivity index (χ1) is 11.5. The number of halogens is 1. The van der Waals surface area contributed by atoms with Crippen molar-refractivity contribution < 1.29 is 13.2 Å². The van der Waals surface area contributed by atoms with Gasteiger partial charge in [0.2, 0.25) is 10.0 Å². The largest absolute Gasteiger partial charge is 0.371 e. The lowest BCUT2D eigenvalue weighted by Crippen LogP contribution is -2.42. The van der Waals surface area contributed by atoms with Crippen molar-refractivity contribution in [1.82, 2.24) is 4.31 Å². The van der Waals surface area contributed by atoms with Crippen molar-refractivity contribution in [3.63, 3.8) is 0 Å². The van der Waals surface area contributed by atoms with E-state index in [4.69, 9.17) is 16.3 Å². The Balaban J connectivity index is 1.79. The van der Waals surface area contributed by atoms with Crippen molar-refractivity contribution in [3.05, 3.63) is 70.2 Å². The summed E-state index contributed by atoms with van der Waals surface area (Å²) in [6, 6.07) is 15.0. The first-order valence-electron chi connectivity index (χ1n) is 7.86. The number of hydrogen-bond acceptors (Lipinski definition) is 3. The molecule has 0 radical (unpaired) electrons. The summed E-state index contributed by atoms with van der Waals surface area (Å²) in [5.41, 5.74) is 2.64. The van der Waals surface area contributed by atoms with Crippen molar-refractivity contribution in [3.8, 4) is 0 Å². The molecule has 0 aliphatic carbocycles. The van der Waals surface area contributed by atoms with Gasteiger partial charge in [0.25, 0.3) is 0 Å². The molecule has 4 nitrogen and oxygen atoms in total. The molecule has 1 aliphatic heterocycles. The van der Waals surface area contributed by atoms with Crippen LogP contribution in [0.15, 0.2) is 48.5 Å². The summed E-state index contributed by atoms with van der Waals surface area (Å²) in [5, 5.41) is 0.598. The van der Waals surface area contributed by atoms with E-state index in [1.54, 1.807) is 6.07 Å². The molecule has 0 bridgehead atoms. The lowest BCUT2D eigenvalue weighted by Gasteiger charge is -2.32. The van der Waals surface area contributed by atoms with Crippen molar-refractivity contribution in [2.75, 3.05) is 19.7 Å². The molecule has 0 aromatic heterocycles. The molecule has 0 amide bonds. The van der Waals surface area contributed by atoms with Crippen LogP contribution in [0, 0.1) is 6.92 Å². The van der Waals surface area contributed by atoms with Gasteiger partial charge in [0.05, 0.1) is 18.5 Å². The zero-order valence-corrected chi connectivity index (χ0v) is 15.1. The number of aryl methyl sites for hydroxylation is 1. The second kappa shape index (κ2) is 7.23. The van der Waals surface area contributed by atoms with Gasteiger partial charge in [0, 0.05) is 23.7 Å².